The van der Waals surface area contributed by atoms with Crippen LogP contribution >= 0.6 is 11.8 Å². The first-order chi connectivity index (χ1) is 27.2. The molecule has 280 valence electrons. The molecule has 56 heavy (non-hydrogen) atoms. The van der Waals surface area contributed by atoms with E-state index in [1.165, 1.54) is 105 Å². The number of rotatable bonds is 5. The van der Waals surface area contributed by atoms with Crippen LogP contribution in [0.4, 0.5) is 17.1 Å². The van der Waals surface area contributed by atoms with Gasteiger partial charge in [-0.05, 0) is 154 Å². The van der Waals surface area contributed by atoms with Crippen molar-refractivity contribution in [1.29, 1.82) is 0 Å². The van der Waals surface area contributed by atoms with E-state index in [2.05, 4.69) is 184 Å². The second kappa shape index (κ2) is 12.7. The fourth-order valence-electron chi connectivity index (χ4n) is 12.6. The maximum atomic E-state index is 2.62. The molecule has 0 aromatic heterocycles. The molecule has 0 saturated heterocycles. The van der Waals surface area contributed by atoms with Crippen LogP contribution in [-0.4, -0.2) is 0 Å². The molecule has 4 fully saturated rings. The van der Waals surface area contributed by atoms with Gasteiger partial charge in [0.25, 0.3) is 0 Å². The van der Waals surface area contributed by atoms with Crippen molar-refractivity contribution in [3.05, 3.63) is 162 Å². The van der Waals surface area contributed by atoms with Crippen LogP contribution in [0.5, 0.6) is 0 Å². The molecule has 12 rings (SSSR count). The summed E-state index contributed by atoms with van der Waals surface area (Å²) < 4.78 is 0. The Morgan fingerprint density at radius 1 is 0.464 bits per heavy atom. The fourth-order valence-corrected chi connectivity index (χ4v) is 14.0. The monoisotopic (exact) mass is 747 g/mol. The molecule has 0 N–H and O–H groups in total. The van der Waals surface area contributed by atoms with Crippen LogP contribution in [0.1, 0.15) is 94.9 Å². The molecule has 6 aliphatic rings. The predicted molar refractivity (Wildman–Crippen MR) is 236 cm³/mol. The summed E-state index contributed by atoms with van der Waals surface area (Å²) in [6.07, 6.45) is 9.36. The maximum absolute atomic E-state index is 2.62. The van der Waals surface area contributed by atoms with Gasteiger partial charge in [-0.25, -0.2) is 0 Å². The number of benzene rings is 6. The van der Waals surface area contributed by atoms with Gasteiger partial charge in [-0.15, -0.1) is 0 Å². The SMILES string of the molecule is CC1(C)CCC(C)(C)c2cc(N(c3ccc(-c4ccccc4)cc3)c3cccc4c3Sc3c(-c5ccccc5)cccc3C43C4CC5CC(C4)CC3C5)ccc21. The smallest absolute Gasteiger partial charge is 0.0604 e. The number of fused-ring (bicyclic) bond motifs is 3. The van der Waals surface area contributed by atoms with E-state index in [1.54, 1.807) is 11.1 Å². The Hall–Kier alpha value is -4.53. The van der Waals surface area contributed by atoms with E-state index in [4.69, 9.17) is 0 Å². The largest absolute Gasteiger partial charge is 0.309 e. The van der Waals surface area contributed by atoms with Gasteiger partial charge >= 0.3 is 0 Å². The van der Waals surface area contributed by atoms with Crippen molar-refractivity contribution in [3.8, 4) is 22.3 Å². The first-order valence-electron chi connectivity index (χ1n) is 21.3. The molecular formula is C54H53NS. The van der Waals surface area contributed by atoms with Crippen molar-refractivity contribution >= 4 is 28.8 Å². The molecule has 5 aliphatic carbocycles. The maximum Gasteiger partial charge on any atom is 0.0604 e. The Kier molecular flexibility index (Phi) is 7.89. The zero-order valence-electron chi connectivity index (χ0n) is 33.4. The van der Waals surface area contributed by atoms with Crippen LogP contribution in [0.3, 0.4) is 0 Å². The molecule has 1 aliphatic heterocycles. The first kappa shape index (κ1) is 34.7. The molecule has 0 radical (unpaired) electrons. The molecule has 4 saturated carbocycles. The fraction of sp³-hybridized carbons (Fsp3) is 0.333. The van der Waals surface area contributed by atoms with Crippen LogP contribution in [0, 0.1) is 23.7 Å². The quantitative estimate of drug-likeness (QED) is 0.173. The summed E-state index contributed by atoms with van der Waals surface area (Å²) in [7, 11) is 0. The third-order valence-electron chi connectivity index (χ3n) is 15.2. The van der Waals surface area contributed by atoms with Crippen molar-refractivity contribution in [2.24, 2.45) is 23.7 Å². The van der Waals surface area contributed by atoms with E-state index < -0.39 is 0 Å². The molecule has 1 heterocycles. The van der Waals surface area contributed by atoms with Crippen LogP contribution in [0.15, 0.2) is 149 Å². The summed E-state index contributed by atoms with van der Waals surface area (Å²) in [6.45, 7) is 9.80. The van der Waals surface area contributed by atoms with Crippen molar-refractivity contribution in [1.82, 2.24) is 0 Å². The van der Waals surface area contributed by atoms with Gasteiger partial charge in [0.15, 0.2) is 0 Å². The molecule has 1 nitrogen and oxygen atoms in total. The Morgan fingerprint density at radius 3 is 1.68 bits per heavy atom. The highest BCUT2D eigenvalue weighted by atomic mass is 32.2. The highest BCUT2D eigenvalue weighted by Crippen LogP contribution is 2.70. The summed E-state index contributed by atoms with van der Waals surface area (Å²) in [4.78, 5) is 5.57. The van der Waals surface area contributed by atoms with E-state index in [9.17, 15) is 0 Å². The molecule has 0 amide bonds. The molecule has 4 bridgehead atoms. The highest BCUT2D eigenvalue weighted by Gasteiger charge is 2.61. The second-order valence-corrected chi connectivity index (χ2v) is 20.2. The van der Waals surface area contributed by atoms with Crippen molar-refractivity contribution in [2.45, 2.75) is 98.7 Å². The lowest BCUT2D eigenvalue weighted by atomic mass is 9.42. The Balaban J connectivity index is 1.16. The van der Waals surface area contributed by atoms with Crippen molar-refractivity contribution < 1.29 is 0 Å². The van der Waals surface area contributed by atoms with E-state index in [0.29, 0.717) is 11.8 Å². The van der Waals surface area contributed by atoms with Crippen molar-refractivity contribution in [3.63, 3.8) is 0 Å². The average molecular weight is 748 g/mol. The Bertz CT molecular complexity index is 2430. The minimum absolute atomic E-state index is 0.0365. The minimum Gasteiger partial charge on any atom is -0.309 e. The molecule has 0 unspecified atom stereocenters. The van der Waals surface area contributed by atoms with Gasteiger partial charge in [-0.3, -0.25) is 0 Å². The summed E-state index contributed by atoms with van der Waals surface area (Å²) in [6, 6.07) is 53.6. The predicted octanol–water partition coefficient (Wildman–Crippen LogP) is 15.0. The topological polar surface area (TPSA) is 3.24 Å². The number of hydrogen-bond donors (Lipinski definition) is 0. The second-order valence-electron chi connectivity index (χ2n) is 19.2. The molecule has 6 aromatic carbocycles. The van der Waals surface area contributed by atoms with E-state index >= 15 is 0 Å². The summed E-state index contributed by atoms with van der Waals surface area (Å²) in [5.41, 5.74) is 15.5. The Morgan fingerprint density at radius 2 is 1.02 bits per heavy atom. The number of hydrogen-bond acceptors (Lipinski definition) is 2. The van der Waals surface area contributed by atoms with E-state index in [1.807, 2.05) is 0 Å². The lowest BCUT2D eigenvalue weighted by molar-refractivity contribution is -0.0443. The molecule has 0 atom stereocenters. The zero-order valence-corrected chi connectivity index (χ0v) is 34.2. The van der Waals surface area contributed by atoms with Crippen LogP contribution in [0.25, 0.3) is 22.3 Å². The average Bonchev–Trinajstić information content (AvgIpc) is 3.22. The van der Waals surface area contributed by atoms with Gasteiger partial charge in [0, 0.05) is 26.6 Å². The van der Waals surface area contributed by atoms with Gasteiger partial charge in [-0.2, -0.15) is 0 Å². The standard InChI is InChI=1S/C54H53NS/c1-52(2)27-28-53(3,4)48-34-43(25-26-45(48)52)55(42-23-21-38(22-24-42)37-13-7-5-8-14-37)49-20-12-19-47-51(49)56-50-44(39-15-9-6-10-16-39)17-11-18-46(50)54(47)40-30-35-29-36(32-40)33-41(54)31-35/h5-26,34-36,40-41H,27-33H2,1-4H3. The number of anilines is 3. The summed E-state index contributed by atoms with van der Waals surface area (Å²) in [5, 5.41) is 0. The van der Waals surface area contributed by atoms with Gasteiger partial charge in [-0.1, -0.05) is 149 Å². The number of nitrogens with zero attached hydrogens (tertiary/aromatic N) is 1. The molecule has 6 aromatic rings. The van der Waals surface area contributed by atoms with E-state index in [0.717, 1.165) is 11.8 Å². The third-order valence-corrected chi connectivity index (χ3v) is 16.5. The van der Waals surface area contributed by atoms with Crippen LogP contribution in [0.2, 0.25) is 0 Å². The van der Waals surface area contributed by atoms with Gasteiger partial charge in [0.2, 0.25) is 0 Å². The molecule has 2 heteroatoms. The van der Waals surface area contributed by atoms with Crippen LogP contribution in [-0.2, 0) is 16.2 Å². The van der Waals surface area contributed by atoms with Gasteiger partial charge < -0.3 is 4.90 Å². The minimum atomic E-state index is 0.0365. The van der Waals surface area contributed by atoms with Gasteiger partial charge in [0.05, 0.1) is 5.69 Å². The zero-order chi connectivity index (χ0) is 37.8. The van der Waals surface area contributed by atoms with Crippen molar-refractivity contribution in [2.75, 3.05) is 4.90 Å². The first-order valence-corrected chi connectivity index (χ1v) is 22.1. The molecular weight excluding hydrogens is 695 g/mol. The lowest BCUT2D eigenvalue weighted by Crippen LogP contribution is -2.57. The normalized spacial score (nSPS) is 26.0. The summed E-state index contributed by atoms with van der Waals surface area (Å²) >= 11 is 2.05. The van der Waals surface area contributed by atoms with Gasteiger partial charge in [0.1, 0.15) is 0 Å². The Labute approximate surface area is 338 Å². The summed E-state index contributed by atoms with van der Waals surface area (Å²) in [5.74, 6) is 3.16. The van der Waals surface area contributed by atoms with E-state index in [-0.39, 0.29) is 16.2 Å². The highest BCUT2D eigenvalue weighted by molar-refractivity contribution is 7.99. The van der Waals surface area contributed by atoms with Crippen LogP contribution < -0.4 is 4.90 Å². The molecule has 1 spiro atoms. The lowest BCUT2D eigenvalue weighted by Gasteiger charge is -2.63. The third kappa shape index (κ3) is 5.20.